The quantitative estimate of drug-likeness (QED) is 0.629. The largest absolute Gasteiger partial charge is 0.508 e. The number of benzene rings is 1. The Morgan fingerprint density at radius 1 is 1.36 bits per heavy atom. The number of halogens is 2. The molecule has 0 amide bonds. The zero-order valence-electron chi connectivity index (χ0n) is 7.56. The molecule has 0 aliphatic carbocycles. The van der Waals surface area contributed by atoms with E-state index in [9.17, 15) is 8.78 Å². The van der Waals surface area contributed by atoms with Crippen LogP contribution in [0.2, 0.25) is 0 Å². The maximum Gasteiger partial charge on any atom is 0.275 e. The molecule has 4 heteroatoms. The standard InChI is InChI=1S/C10H11F2NO/c11-10(12)4-1-5-13-9-3-2-7(14)6-8(9)10/h2-3,6,13-14H,1,4-5H2. The van der Waals surface area contributed by atoms with Crippen LogP contribution in [0.5, 0.6) is 5.75 Å². The third-order valence-corrected chi connectivity index (χ3v) is 2.38. The molecule has 0 fully saturated rings. The molecule has 2 rings (SSSR count). The van der Waals surface area contributed by atoms with Crippen LogP contribution < -0.4 is 5.32 Å². The highest BCUT2D eigenvalue weighted by Gasteiger charge is 2.35. The zero-order valence-corrected chi connectivity index (χ0v) is 7.56. The van der Waals surface area contributed by atoms with E-state index in [0.717, 1.165) is 6.07 Å². The average molecular weight is 199 g/mol. The maximum atomic E-state index is 13.5. The first-order valence-electron chi connectivity index (χ1n) is 4.55. The molecule has 76 valence electrons. The molecule has 0 saturated carbocycles. The number of aromatic hydroxyl groups is 1. The molecule has 0 aromatic heterocycles. The second kappa shape index (κ2) is 3.12. The average Bonchev–Trinajstić information content (AvgIpc) is 2.26. The molecule has 0 unspecified atom stereocenters. The Labute approximate surface area is 80.6 Å². The van der Waals surface area contributed by atoms with Crippen molar-refractivity contribution in [2.75, 3.05) is 11.9 Å². The fourth-order valence-corrected chi connectivity index (χ4v) is 1.66. The number of rotatable bonds is 0. The summed E-state index contributed by atoms with van der Waals surface area (Å²) < 4.78 is 27.0. The summed E-state index contributed by atoms with van der Waals surface area (Å²) in [4.78, 5) is 0. The minimum Gasteiger partial charge on any atom is -0.508 e. The van der Waals surface area contributed by atoms with Crippen molar-refractivity contribution in [3.05, 3.63) is 23.8 Å². The van der Waals surface area contributed by atoms with Crippen LogP contribution in [0.3, 0.4) is 0 Å². The Morgan fingerprint density at radius 2 is 2.14 bits per heavy atom. The van der Waals surface area contributed by atoms with Crippen LogP contribution >= 0.6 is 0 Å². The van der Waals surface area contributed by atoms with Gasteiger partial charge in [-0.05, 0) is 24.6 Å². The molecule has 1 aromatic carbocycles. The van der Waals surface area contributed by atoms with E-state index in [-0.39, 0.29) is 17.7 Å². The van der Waals surface area contributed by atoms with Gasteiger partial charge >= 0.3 is 0 Å². The van der Waals surface area contributed by atoms with Crippen LogP contribution in [-0.2, 0) is 5.92 Å². The first kappa shape index (κ1) is 9.24. The zero-order chi connectivity index (χ0) is 10.2. The number of phenols is 1. The van der Waals surface area contributed by atoms with Crippen LogP contribution in [0.15, 0.2) is 18.2 Å². The molecule has 0 saturated heterocycles. The highest BCUT2D eigenvalue weighted by Crippen LogP contribution is 2.40. The van der Waals surface area contributed by atoms with Crippen LogP contribution in [-0.4, -0.2) is 11.7 Å². The van der Waals surface area contributed by atoms with E-state index in [1.807, 2.05) is 0 Å². The molecule has 0 radical (unpaired) electrons. The van der Waals surface area contributed by atoms with Gasteiger partial charge < -0.3 is 10.4 Å². The Bertz CT molecular complexity index is 352. The SMILES string of the molecule is Oc1ccc2c(c1)C(F)(F)CCCN2. The van der Waals surface area contributed by atoms with E-state index in [1.54, 1.807) is 0 Å². The Hall–Kier alpha value is -1.32. The smallest absolute Gasteiger partial charge is 0.275 e. The lowest BCUT2D eigenvalue weighted by molar-refractivity contribution is -0.0122. The van der Waals surface area contributed by atoms with Gasteiger partial charge in [0.1, 0.15) is 5.75 Å². The van der Waals surface area contributed by atoms with Crippen molar-refractivity contribution in [3.8, 4) is 5.75 Å². The lowest BCUT2D eigenvalue weighted by Crippen LogP contribution is -2.12. The van der Waals surface area contributed by atoms with Gasteiger partial charge in [-0.25, -0.2) is 8.78 Å². The van der Waals surface area contributed by atoms with Gasteiger partial charge in [0.2, 0.25) is 0 Å². The summed E-state index contributed by atoms with van der Waals surface area (Å²) in [7, 11) is 0. The molecule has 1 aliphatic heterocycles. The molecular formula is C10H11F2NO. The molecular weight excluding hydrogens is 188 g/mol. The molecule has 0 bridgehead atoms. The first-order chi connectivity index (χ1) is 6.59. The summed E-state index contributed by atoms with van der Waals surface area (Å²) in [5, 5.41) is 12.1. The number of anilines is 1. The number of fused-ring (bicyclic) bond motifs is 1. The topological polar surface area (TPSA) is 32.3 Å². The van der Waals surface area contributed by atoms with Gasteiger partial charge in [0.25, 0.3) is 5.92 Å². The summed E-state index contributed by atoms with van der Waals surface area (Å²) >= 11 is 0. The second-order valence-corrected chi connectivity index (χ2v) is 3.46. The van der Waals surface area contributed by atoms with Crippen molar-refractivity contribution >= 4 is 5.69 Å². The number of hydrogen-bond acceptors (Lipinski definition) is 2. The Balaban J connectivity index is 2.52. The van der Waals surface area contributed by atoms with E-state index >= 15 is 0 Å². The highest BCUT2D eigenvalue weighted by molar-refractivity contribution is 5.56. The number of nitrogens with one attached hydrogen (secondary N) is 1. The van der Waals surface area contributed by atoms with Gasteiger partial charge in [-0.1, -0.05) is 0 Å². The molecule has 14 heavy (non-hydrogen) atoms. The predicted molar refractivity (Wildman–Crippen MR) is 49.7 cm³/mol. The van der Waals surface area contributed by atoms with E-state index in [0.29, 0.717) is 18.7 Å². The molecule has 2 N–H and O–H groups in total. The second-order valence-electron chi connectivity index (χ2n) is 3.46. The van der Waals surface area contributed by atoms with Crippen LogP contribution in [0.25, 0.3) is 0 Å². The summed E-state index contributed by atoms with van der Waals surface area (Å²) in [6.07, 6.45) is 0.263. The molecule has 1 aromatic rings. The van der Waals surface area contributed by atoms with E-state index in [1.165, 1.54) is 12.1 Å². The Morgan fingerprint density at radius 3 is 2.93 bits per heavy atom. The van der Waals surface area contributed by atoms with Crippen LogP contribution in [0.1, 0.15) is 18.4 Å². The van der Waals surface area contributed by atoms with Crippen LogP contribution in [0.4, 0.5) is 14.5 Å². The lowest BCUT2D eigenvalue weighted by Gasteiger charge is -2.16. The minimum atomic E-state index is -2.84. The molecule has 1 heterocycles. The first-order valence-corrected chi connectivity index (χ1v) is 4.55. The third kappa shape index (κ3) is 1.52. The van der Waals surface area contributed by atoms with Gasteiger partial charge in [-0.2, -0.15) is 0 Å². The number of alkyl halides is 2. The van der Waals surface area contributed by atoms with Crippen molar-refractivity contribution in [1.82, 2.24) is 0 Å². The molecule has 0 atom stereocenters. The highest BCUT2D eigenvalue weighted by atomic mass is 19.3. The van der Waals surface area contributed by atoms with Gasteiger partial charge in [0.15, 0.2) is 0 Å². The summed E-state index contributed by atoms with van der Waals surface area (Å²) in [5.41, 5.74) is 0.320. The van der Waals surface area contributed by atoms with Gasteiger partial charge in [0.05, 0.1) is 0 Å². The normalized spacial score (nSPS) is 19.3. The summed E-state index contributed by atoms with van der Waals surface area (Å²) in [6.45, 7) is 0.549. The maximum absolute atomic E-state index is 13.5. The molecule has 2 nitrogen and oxygen atoms in total. The monoisotopic (exact) mass is 199 g/mol. The summed E-state index contributed by atoms with van der Waals surface area (Å²) in [5.74, 6) is -2.95. The fraction of sp³-hybridized carbons (Fsp3) is 0.400. The minimum absolute atomic E-state index is 0.102. The molecule has 1 aliphatic rings. The van der Waals surface area contributed by atoms with Crippen molar-refractivity contribution in [1.29, 1.82) is 0 Å². The third-order valence-electron chi connectivity index (χ3n) is 2.38. The lowest BCUT2D eigenvalue weighted by atomic mass is 10.0. The van der Waals surface area contributed by atoms with Gasteiger partial charge in [0, 0.05) is 24.2 Å². The summed E-state index contributed by atoms with van der Waals surface area (Å²) in [6, 6.07) is 4.03. The van der Waals surface area contributed by atoms with E-state index in [4.69, 9.17) is 5.11 Å². The Kier molecular flexibility index (Phi) is 2.06. The number of hydrogen-bond donors (Lipinski definition) is 2. The van der Waals surface area contributed by atoms with Gasteiger partial charge in [-0.15, -0.1) is 0 Å². The van der Waals surface area contributed by atoms with Crippen LogP contribution in [0, 0.1) is 0 Å². The van der Waals surface area contributed by atoms with Gasteiger partial charge in [-0.3, -0.25) is 0 Å². The van der Waals surface area contributed by atoms with Crippen molar-refractivity contribution < 1.29 is 13.9 Å². The van der Waals surface area contributed by atoms with E-state index in [2.05, 4.69) is 5.32 Å². The predicted octanol–water partition coefficient (Wildman–Crippen LogP) is 2.69. The van der Waals surface area contributed by atoms with Crippen molar-refractivity contribution in [2.45, 2.75) is 18.8 Å². The molecule has 0 spiro atoms. The number of phenolic OH excluding ortho intramolecular Hbond substituents is 1. The van der Waals surface area contributed by atoms with Crippen molar-refractivity contribution in [2.24, 2.45) is 0 Å². The van der Waals surface area contributed by atoms with Crippen molar-refractivity contribution in [3.63, 3.8) is 0 Å². The fourth-order valence-electron chi connectivity index (χ4n) is 1.66. The van der Waals surface area contributed by atoms with E-state index < -0.39 is 5.92 Å².